The van der Waals surface area contributed by atoms with Crippen LogP contribution in [0.5, 0.6) is 0 Å². The van der Waals surface area contributed by atoms with Crippen LogP contribution >= 0.6 is 11.6 Å². The third-order valence-corrected chi connectivity index (χ3v) is 3.58. The number of halogens is 2. The second kappa shape index (κ2) is 5.74. The molecule has 1 aromatic heterocycles. The van der Waals surface area contributed by atoms with Gasteiger partial charge in [0.15, 0.2) is 5.58 Å². The molecule has 2 aromatic rings. The predicted octanol–water partition coefficient (Wildman–Crippen LogP) is 5.31. The quantitative estimate of drug-likeness (QED) is 0.827. The Morgan fingerprint density at radius 3 is 2.60 bits per heavy atom. The van der Waals surface area contributed by atoms with Crippen molar-refractivity contribution in [2.75, 3.05) is 6.54 Å². The van der Waals surface area contributed by atoms with Crippen LogP contribution in [0.15, 0.2) is 22.6 Å². The van der Waals surface area contributed by atoms with E-state index in [0.29, 0.717) is 16.0 Å². The van der Waals surface area contributed by atoms with Crippen molar-refractivity contribution in [3.05, 3.63) is 34.8 Å². The fraction of sp³-hybridized carbons (Fsp3) is 0.500. The Morgan fingerprint density at radius 2 is 2.00 bits per heavy atom. The minimum Gasteiger partial charge on any atom is -0.458 e. The highest BCUT2D eigenvalue weighted by Gasteiger charge is 2.29. The molecular formula is C16H21ClFNO. The van der Waals surface area contributed by atoms with Gasteiger partial charge in [-0.2, -0.15) is 0 Å². The van der Waals surface area contributed by atoms with Crippen LogP contribution in [-0.4, -0.2) is 6.54 Å². The SMILES string of the molecule is CCCNC(c1cc2cc(F)cc(Cl)c2o1)C(C)(C)C. The average molecular weight is 298 g/mol. The lowest BCUT2D eigenvalue weighted by Crippen LogP contribution is -2.32. The van der Waals surface area contributed by atoms with E-state index in [4.69, 9.17) is 16.0 Å². The first kappa shape index (κ1) is 15.3. The van der Waals surface area contributed by atoms with E-state index in [2.05, 4.69) is 33.0 Å². The number of hydrogen-bond acceptors (Lipinski definition) is 2. The second-order valence-corrected chi connectivity index (χ2v) is 6.62. The molecule has 0 saturated carbocycles. The maximum Gasteiger partial charge on any atom is 0.153 e. The lowest BCUT2D eigenvalue weighted by molar-refractivity contribution is 0.242. The molecule has 0 aliphatic rings. The molecule has 1 aromatic carbocycles. The molecule has 0 aliphatic heterocycles. The monoisotopic (exact) mass is 297 g/mol. The number of nitrogens with one attached hydrogen (secondary N) is 1. The van der Waals surface area contributed by atoms with Crippen molar-refractivity contribution in [3.63, 3.8) is 0 Å². The summed E-state index contributed by atoms with van der Waals surface area (Å²) in [7, 11) is 0. The van der Waals surface area contributed by atoms with Crippen molar-refractivity contribution in [1.82, 2.24) is 5.32 Å². The maximum absolute atomic E-state index is 13.4. The van der Waals surface area contributed by atoms with Gasteiger partial charge in [-0.05, 0) is 36.6 Å². The van der Waals surface area contributed by atoms with Gasteiger partial charge < -0.3 is 9.73 Å². The van der Waals surface area contributed by atoms with Crippen LogP contribution in [0.1, 0.15) is 45.9 Å². The molecular weight excluding hydrogens is 277 g/mol. The average Bonchev–Trinajstić information content (AvgIpc) is 2.71. The largest absolute Gasteiger partial charge is 0.458 e. The number of fused-ring (bicyclic) bond motifs is 1. The van der Waals surface area contributed by atoms with Crippen LogP contribution in [0.4, 0.5) is 4.39 Å². The van der Waals surface area contributed by atoms with E-state index < -0.39 is 0 Å². The first-order chi connectivity index (χ1) is 9.32. The molecule has 0 fully saturated rings. The van der Waals surface area contributed by atoms with Crippen LogP contribution in [-0.2, 0) is 0 Å². The summed E-state index contributed by atoms with van der Waals surface area (Å²) in [4.78, 5) is 0. The summed E-state index contributed by atoms with van der Waals surface area (Å²) in [6, 6.07) is 4.67. The summed E-state index contributed by atoms with van der Waals surface area (Å²) >= 11 is 6.04. The van der Waals surface area contributed by atoms with Gasteiger partial charge in [0.2, 0.25) is 0 Å². The molecule has 0 spiro atoms. The zero-order valence-electron chi connectivity index (χ0n) is 12.4. The lowest BCUT2D eigenvalue weighted by atomic mass is 9.85. The Morgan fingerprint density at radius 1 is 1.30 bits per heavy atom. The number of hydrogen-bond donors (Lipinski definition) is 1. The van der Waals surface area contributed by atoms with E-state index in [9.17, 15) is 4.39 Å². The summed E-state index contributed by atoms with van der Waals surface area (Å²) < 4.78 is 19.3. The number of furan rings is 1. The molecule has 1 unspecified atom stereocenters. The summed E-state index contributed by atoms with van der Waals surface area (Å²) in [5.41, 5.74) is 0.546. The Labute approximate surface area is 124 Å². The zero-order chi connectivity index (χ0) is 14.9. The van der Waals surface area contributed by atoms with Crippen molar-refractivity contribution < 1.29 is 8.81 Å². The summed E-state index contributed by atoms with van der Waals surface area (Å²) in [6.45, 7) is 9.47. The van der Waals surface area contributed by atoms with Crippen molar-refractivity contribution in [2.24, 2.45) is 5.41 Å². The molecule has 110 valence electrons. The lowest BCUT2D eigenvalue weighted by Gasteiger charge is -2.30. The Balaban J connectivity index is 2.46. The van der Waals surface area contributed by atoms with Gasteiger partial charge >= 0.3 is 0 Å². The van der Waals surface area contributed by atoms with Crippen molar-refractivity contribution >= 4 is 22.6 Å². The van der Waals surface area contributed by atoms with Gasteiger partial charge in [0, 0.05) is 5.39 Å². The van der Waals surface area contributed by atoms with Gasteiger partial charge in [-0.1, -0.05) is 39.3 Å². The first-order valence-corrected chi connectivity index (χ1v) is 7.32. The standard InChI is InChI=1S/C16H21ClFNO/c1-5-6-19-15(16(2,3)4)13-8-10-7-11(18)9-12(17)14(10)20-13/h7-9,15,19H,5-6H2,1-4H3. The Hall–Kier alpha value is -1.06. The molecule has 2 nitrogen and oxygen atoms in total. The minimum atomic E-state index is -0.344. The summed E-state index contributed by atoms with van der Waals surface area (Å²) in [6.07, 6.45) is 1.04. The molecule has 1 N–H and O–H groups in total. The van der Waals surface area contributed by atoms with Crippen LogP contribution < -0.4 is 5.32 Å². The third kappa shape index (κ3) is 3.15. The van der Waals surface area contributed by atoms with Crippen LogP contribution in [0.3, 0.4) is 0 Å². The van der Waals surface area contributed by atoms with Crippen molar-refractivity contribution in [1.29, 1.82) is 0 Å². The molecule has 0 radical (unpaired) electrons. The molecule has 1 heterocycles. The van der Waals surface area contributed by atoms with E-state index in [-0.39, 0.29) is 17.3 Å². The Kier molecular flexibility index (Phi) is 4.40. The van der Waals surface area contributed by atoms with Gasteiger partial charge in [0.1, 0.15) is 11.6 Å². The highest BCUT2D eigenvalue weighted by molar-refractivity contribution is 6.34. The highest BCUT2D eigenvalue weighted by Crippen LogP contribution is 2.37. The molecule has 20 heavy (non-hydrogen) atoms. The van der Waals surface area contributed by atoms with E-state index in [1.54, 1.807) is 0 Å². The molecule has 0 bridgehead atoms. The number of rotatable bonds is 4. The van der Waals surface area contributed by atoms with Crippen molar-refractivity contribution in [3.8, 4) is 0 Å². The van der Waals surface area contributed by atoms with Gasteiger partial charge in [-0.25, -0.2) is 4.39 Å². The van der Waals surface area contributed by atoms with E-state index >= 15 is 0 Å². The summed E-state index contributed by atoms with van der Waals surface area (Å²) in [5.74, 6) is 0.456. The molecule has 0 saturated heterocycles. The fourth-order valence-electron chi connectivity index (χ4n) is 2.36. The molecule has 4 heteroatoms. The second-order valence-electron chi connectivity index (χ2n) is 6.21. The van der Waals surface area contributed by atoms with E-state index in [1.807, 2.05) is 6.07 Å². The van der Waals surface area contributed by atoms with Gasteiger partial charge in [-0.15, -0.1) is 0 Å². The van der Waals surface area contributed by atoms with Gasteiger partial charge in [-0.3, -0.25) is 0 Å². The maximum atomic E-state index is 13.4. The number of benzene rings is 1. The molecule has 0 amide bonds. The molecule has 0 aliphatic carbocycles. The molecule has 2 rings (SSSR count). The topological polar surface area (TPSA) is 25.2 Å². The molecule has 1 atom stereocenters. The highest BCUT2D eigenvalue weighted by atomic mass is 35.5. The van der Waals surface area contributed by atoms with E-state index in [1.165, 1.54) is 12.1 Å². The van der Waals surface area contributed by atoms with Crippen molar-refractivity contribution in [2.45, 2.75) is 40.2 Å². The van der Waals surface area contributed by atoms with Gasteiger partial charge in [0.25, 0.3) is 0 Å². The van der Waals surface area contributed by atoms with Gasteiger partial charge in [0.05, 0.1) is 11.1 Å². The van der Waals surface area contributed by atoms with Crippen LogP contribution in [0.25, 0.3) is 11.0 Å². The fourth-order valence-corrected chi connectivity index (χ4v) is 2.61. The zero-order valence-corrected chi connectivity index (χ0v) is 13.1. The summed E-state index contributed by atoms with van der Waals surface area (Å²) in [5, 5.41) is 4.51. The Bertz CT molecular complexity index is 600. The minimum absolute atomic E-state index is 0.00589. The van der Waals surface area contributed by atoms with Crippen LogP contribution in [0.2, 0.25) is 5.02 Å². The normalized spacial score (nSPS) is 13.9. The van der Waals surface area contributed by atoms with E-state index in [0.717, 1.165) is 18.7 Å². The smallest absolute Gasteiger partial charge is 0.153 e. The van der Waals surface area contributed by atoms with Crippen LogP contribution in [0, 0.1) is 11.2 Å². The third-order valence-electron chi connectivity index (χ3n) is 3.30. The first-order valence-electron chi connectivity index (χ1n) is 6.94. The predicted molar refractivity (Wildman–Crippen MR) is 81.7 cm³/mol.